The minimum absolute atomic E-state index is 0.0322. The van der Waals surface area contributed by atoms with Crippen LogP contribution in [0.25, 0.3) is 0 Å². The van der Waals surface area contributed by atoms with Gasteiger partial charge in [0.1, 0.15) is 10.7 Å². The lowest BCUT2D eigenvalue weighted by Crippen LogP contribution is -2.19. The Morgan fingerprint density at radius 3 is 2.38 bits per heavy atom. The summed E-state index contributed by atoms with van der Waals surface area (Å²) in [6.07, 6.45) is 0. The average molecular weight is 309 g/mol. The first-order chi connectivity index (χ1) is 9.84. The van der Waals surface area contributed by atoms with Gasteiger partial charge in [0.15, 0.2) is 0 Å². The summed E-state index contributed by atoms with van der Waals surface area (Å²) in [5.74, 6) is -0.367. The van der Waals surface area contributed by atoms with Crippen molar-refractivity contribution in [3.05, 3.63) is 48.3 Å². The van der Waals surface area contributed by atoms with Crippen LogP contribution in [0.4, 0.5) is 21.5 Å². The van der Waals surface area contributed by atoms with E-state index in [2.05, 4.69) is 0 Å². The van der Waals surface area contributed by atoms with Gasteiger partial charge in [-0.05, 0) is 37.3 Å². The van der Waals surface area contributed by atoms with Crippen LogP contribution in [-0.2, 0) is 10.0 Å². The van der Waals surface area contributed by atoms with Crippen LogP contribution in [0, 0.1) is 5.82 Å². The lowest BCUT2D eigenvalue weighted by molar-refractivity contribution is 0.598. The predicted molar refractivity (Wildman–Crippen MR) is 81.3 cm³/mol. The second-order valence-electron chi connectivity index (χ2n) is 4.46. The first-order valence-electron chi connectivity index (χ1n) is 6.29. The zero-order valence-corrected chi connectivity index (χ0v) is 12.3. The maximum absolute atomic E-state index is 13.9. The van der Waals surface area contributed by atoms with Crippen molar-refractivity contribution in [1.82, 2.24) is 0 Å². The van der Waals surface area contributed by atoms with Crippen LogP contribution < -0.4 is 15.8 Å². The number of halogens is 1. The molecule has 21 heavy (non-hydrogen) atoms. The number of rotatable bonds is 4. The number of sulfonamides is 1. The van der Waals surface area contributed by atoms with Gasteiger partial charge in [-0.1, -0.05) is 12.1 Å². The summed E-state index contributed by atoms with van der Waals surface area (Å²) in [6.45, 7) is 2.35. The number of nitrogens with two attached hydrogens (primary N) is 2. The van der Waals surface area contributed by atoms with Crippen molar-refractivity contribution in [1.29, 1.82) is 0 Å². The van der Waals surface area contributed by atoms with Gasteiger partial charge in [-0.15, -0.1) is 0 Å². The standard InChI is InChI=1S/C14H16FN3O2S/c1-2-18(13-6-4-3-5-11(13)15)10-7-8-14(12(16)9-10)21(17,19)20/h3-9H,2,16H2,1H3,(H2,17,19,20). The Morgan fingerprint density at radius 1 is 1.19 bits per heavy atom. The highest BCUT2D eigenvalue weighted by atomic mass is 32.2. The maximum atomic E-state index is 13.9. The molecule has 0 aliphatic carbocycles. The molecular weight excluding hydrogens is 293 g/mol. The van der Waals surface area contributed by atoms with Crippen LogP contribution in [0.5, 0.6) is 0 Å². The summed E-state index contributed by atoms with van der Waals surface area (Å²) in [6, 6.07) is 10.7. The van der Waals surface area contributed by atoms with Crippen molar-refractivity contribution in [2.45, 2.75) is 11.8 Å². The number of nitrogen functional groups attached to an aromatic ring is 1. The second-order valence-corrected chi connectivity index (χ2v) is 5.99. The molecule has 0 atom stereocenters. The minimum atomic E-state index is -3.87. The fraction of sp³-hybridized carbons (Fsp3) is 0.143. The van der Waals surface area contributed by atoms with Gasteiger partial charge in [0.25, 0.3) is 0 Å². The Hall–Kier alpha value is -2.12. The van der Waals surface area contributed by atoms with E-state index >= 15 is 0 Å². The van der Waals surface area contributed by atoms with E-state index in [0.29, 0.717) is 17.9 Å². The number of hydrogen-bond donors (Lipinski definition) is 2. The highest BCUT2D eigenvalue weighted by Gasteiger charge is 2.16. The molecule has 2 aromatic rings. The number of nitrogens with zero attached hydrogens (tertiary/aromatic N) is 1. The number of benzene rings is 2. The molecule has 0 aromatic heterocycles. The minimum Gasteiger partial charge on any atom is -0.398 e. The predicted octanol–water partition coefficient (Wildman–Crippen LogP) is 2.21. The summed E-state index contributed by atoms with van der Waals surface area (Å²) >= 11 is 0. The number of primary sulfonamides is 1. The summed E-state index contributed by atoms with van der Waals surface area (Å²) in [4.78, 5) is 1.55. The van der Waals surface area contributed by atoms with E-state index in [0.717, 1.165) is 0 Å². The molecule has 0 radical (unpaired) electrons. The largest absolute Gasteiger partial charge is 0.398 e. The fourth-order valence-electron chi connectivity index (χ4n) is 2.13. The molecule has 0 heterocycles. The van der Waals surface area contributed by atoms with Gasteiger partial charge >= 0.3 is 0 Å². The Labute approximate surface area is 123 Å². The Bertz CT molecular complexity index is 763. The van der Waals surface area contributed by atoms with Gasteiger partial charge in [-0.25, -0.2) is 17.9 Å². The van der Waals surface area contributed by atoms with Gasteiger partial charge < -0.3 is 10.6 Å². The van der Waals surface area contributed by atoms with Crippen molar-refractivity contribution in [2.24, 2.45) is 5.14 Å². The van der Waals surface area contributed by atoms with E-state index in [1.165, 1.54) is 18.2 Å². The highest BCUT2D eigenvalue weighted by molar-refractivity contribution is 7.89. The van der Waals surface area contributed by atoms with Crippen LogP contribution in [-0.4, -0.2) is 15.0 Å². The Kier molecular flexibility index (Phi) is 4.15. The van der Waals surface area contributed by atoms with Crippen molar-refractivity contribution in [3.63, 3.8) is 0 Å². The molecule has 7 heteroatoms. The van der Waals surface area contributed by atoms with Crippen molar-refractivity contribution in [3.8, 4) is 0 Å². The molecule has 2 rings (SSSR count). The van der Waals surface area contributed by atoms with E-state index < -0.39 is 10.0 Å². The smallest absolute Gasteiger partial charge is 0.240 e. The van der Waals surface area contributed by atoms with Crippen LogP contribution in [0.1, 0.15) is 6.92 Å². The van der Waals surface area contributed by atoms with Crippen LogP contribution in [0.3, 0.4) is 0 Å². The first kappa shape index (κ1) is 15.3. The molecule has 2 aromatic carbocycles. The van der Waals surface area contributed by atoms with Gasteiger partial charge in [-0.3, -0.25) is 0 Å². The Morgan fingerprint density at radius 2 is 1.86 bits per heavy atom. The Balaban J connectivity index is 2.50. The lowest BCUT2D eigenvalue weighted by atomic mass is 10.2. The number of hydrogen-bond acceptors (Lipinski definition) is 4. The SMILES string of the molecule is CCN(c1ccc(S(N)(=O)=O)c(N)c1)c1ccccc1F. The van der Waals surface area contributed by atoms with Crippen molar-refractivity contribution in [2.75, 3.05) is 17.2 Å². The van der Waals surface area contributed by atoms with E-state index in [1.54, 1.807) is 29.2 Å². The van der Waals surface area contributed by atoms with E-state index in [-0.39, 0.29) is 16.4 Å². The fourth-order valence-corrected chi connectivity index (χ4v) is 2.77. The van der Waals surface area contributed by atoms with Crippen LogP contribution in [0.2, 0.25) is 0 Å². The molecule has 0 bridgehead atoms. The van der Waals surface area contributed by atoms with Gasteiger partial charge in [0.05, 0.1) is 11.4 Å². The molecule has 0 unspecified atom stereocenters. The van der Waals surface area contributed by atoms with Crippen molar-refractivity contribution >= 4 is 27.1 Å². The zero-order valence-electron chi connectivity index (χ0n) is 11.5. The topological polar surface area (TPSA) is 89.4 Å². The summed E-state index contributed by atoms with van der Waals surface area (Å²) in [5.41, 5.74) is 6.75. The van der Waals surface area contributed by atoms with Gasteiger partial charge in [0, 0.05) is 12.2 Å². The van der Waals surface area contributed by atoms with E-state index in [1.807, 2.05) is 6.92 Å². The first-order valence-corrected chi connectivity index (χ1v) is 7.83. The summed E-state index contributed by atoms with van der Waals surface area (Å²) < 4.78 is 36.6. The van der Waals surface area contributed by atoms with Crippen LogP contribution in [0.15, 0.2) is 47.4 Å². The lowest BCUT2D eigenvalue weighted by Gasteiger charge is -2.24. The molecule has 112 valence electrons. The van der Waals surface area contributed by atoms with Gasteiger partial charge in [-0.2, -0.15) is 0 Å². The molecule has 5 nitrogen and oxygen atoms in total. The van der Waals surface area contributed by atoms with Crippen molar-refractivity contribution < 1.29 is 12.8 Å². The molecule has 0 saturated heterocycles. The molecule has 0 amide bonds. The third-order valence-corrected chi connectivity index (χ3v) is 4.06. The molecule has 0 aliphatic rings. The van der Waals surface area contributed by atoms with Crippen LogP contribution >= 0.6 is 0 Å². The zero-order chi connectivity index (χ0) is 15.6. The van der Waals surface area contributed by atoms with Gasteiger partial charge in [0.2, 0.25) is 10.0 Å². The number of anilines is 3. The normalized spacial score (nSPS) is 11.4. The molecule has 0 saturated carbocycles. The molecule has 0 fully saturated rings. The van der Waals surface area contributed by atoms with E-state index in [9.17, 15) is 12.8 Å². The average Bonchev–Trinajstić information content (AvgIpc) is 2.40. The van der Waals surface area contributed by atoms with E-state index in [4.69, 9.17) is 10.9 Å². The maximum Gasteiger partial charge on any atom is 0.240 e. The quantitative estimate of drug-likeness (QED) is 0.847. The summed E-state index contributed by atoms with van der Waals surface area (Å²) in [5, 5.41) is 5.07. The number of para-hydroxylation sites is 1. The molecular formula is C14H16FN3O2S. The highest BCUT2D eigenvalue weighted by Crippen LogP contribution is 2.30. The molecule has 4 N–H and O–H groups in total. The molecule has 0 aliphatic heterocycles. The summed E-state index contributed by atoms with van der Waals surface area (Å²) in [7, 11) is -3.87. The monoisotopic (exact) mass is 309 g/mol. The third kappa shape index (κ3) is 3.14. The molecule has 0 spiro atoms. The second kappa shape index (κ2) is 5.71. The third-order valence-electron chi connectivity index (χ3n) is 3.07.